The zero-order valence-electron chi connectivity index (χ0n) is 12.7. The van der Waals surface area contributed by atoms with E-state index in [1.807, 2.05) is 24.3 Å². The maximum absolute atomic E-state index is 11.9. The summed E-state index contributed by atoms with van der Waals surface area (Å²) in [5.41, 5.74) is 2.27. The summed E-state index contributed by atoms with van der Waals surface area (Å²) in [6, 6.07) is 9.34. The van der Waals surface area contributed by atoms with Gasteiger partial charge in [0.15, 0.2) is 0 Å². The molecular formula is C17H19NO4. The minimum atomic E-state index is -1.03. The highest BCUT2D eigenvalue weighted by molar-refractivity contribution is 5.88. The highest BCUT2D eigenvalue weighted by Gasteiger charge is 2.14. The summed E-state index contributed by atoms with van der Waals surface area (Å²) in [5.74, 6) is -0.382. The third-order valence-electron chi connectivity index (χ3n) is 3.42. The van der Waals surface area contributed by atoms with E-state index < -0.39 is 5.97 Å². The fraction of sp³-hybridized carbons (Fsp3) is 0.294. The van der Waals surface area contributed by atoms with E-state index in [1.165, 1.54) is 11.6 Å². The Morgan fingerprint density at radius 1 is 1.23 bits per heavy atom. The van der Waals surface area contributed by atoms with Gasteiger partial charge in [0.05, 0.1) is 13.0 Å². The van der Waals surface area contributed by atoms with Gasteiger partial charge in [-0.15, -0.1) is 0 Å². The second-order valence-electron chi connectivity index (χ2n) is 5.11. The minimum Gasteiger partial charge on any atom is -0.478 e. The number of carbonyl (C=O) groups excluding carboxylic acids is 1. The molecule has 0 unspecified atom stereocenters. The lowest BCUT2D eigenvalue weighted by Crippen LogP contribution is -2.24. The van der Waals surface area contributed by atoms with Gasteiger partial charge in [0.25, 0.3) is 0 Å². The van der Waals surface area contributed by atoms with Gasteiger partial charge < -0.3 is 14.8 Å². The minimum absolute atomic E-state index is 0.125. The molecule has 1 heterocycles. The number of amides is 1. The Labute approximate surface area is 129 Å². The van der Waals surface area contributed by atoms with E-state index in [0.29, 0.717) is 17.9 Å². The molecule has 5 heteroatoms. The van der Waals surface area contributed by atoms with Crippen molar-refractivity contribution in [2.45, 2.75) is 33.2 Å². The van der Waals surface area contributed by atoms with Crippen LogP contribution in [0.25, 0.3) is 0 Å². The van der Waals surface area contributed by atoms with Crippen LogP contribution in [0.3, 0.4) is 0 Å². The maximum atomic E-state index is 11.9. The van der Waals surface area contributed by atoms with Crippen LogP contribution in [0.1, 0.15) is 39.9 Å². The predicted molar refractivity (Wildman–Crippen MR) is 81.8 cm³/mol. The molecule has 0 saturated carbocycles. The molecule has 0 aliphatic heterocycles. The average molecular weight is 301 g/mol. The Morgan fingerprint density at radius 2 is 1.95 bits per heavy atom. The third kappa shape index (κ3) is 3.97. The Hall–Kier alpha value is -2.56. The molecular weight excluding hydrogens is 282 g/mol. The zero-order chi connectivity index (χ0) is 16.1. The van der Waals surface area contributed by atoms with Crippen molar-refractivity contribution in [2.75, 3.05) is 0 Å². The zero-order valence-corrected chi connectivity index (χ0v) is 12.7. The van der Waals surface area contributed by atoms with Crippen LogP contribution < -0.4 is 5.32 Å². The Balaban J connectivity index is 1.92. The highest BCUT2D eigenvalue weighted by atomic mass is 16.4. The summed E-state index contributed by atoms with van der Waals surface area (Å²) in [6.45, 7) is 3.84. The normalized spacial score (nSPS) is 10.5. The number of rotatable bonds is 6. The van der Waals surface area contributed by atoms with Crippen molar-refractivity contribution in [2.24, 2.45) is 0 Å². The fourth-order valence-electron chi connectivity index (χ4n) is 2.24. The number of carboxylic acid groups (broad SMARTS) is 1. The average Bonchev–Trinajstić information content (AvgIpc) is 2.86. The van der Waals surface area contributed by atoms with Crippen molar-refractivity contribution in [3.05, 3.63) is 58.5 Å². The summed E-state index contributed by atoms with van der Waals surface area (Å²) in [6.07, 6.45) is 1.22. The standard InChI is InChI=1S/C17H19NO4/c1-3-12-5-4-6-13(7-12)8-16(19)18-10-14-9-15(17(20)21)11(2)22-14/h4-7,9H,3,8,10H2,1-2H3,(H,18,19)(H,20,21). The number of nitrogens with one attached hydrogen (secondary N) is 1. The summed E-state index contributed by atoms with van der Waals surface area (Å²) in [7, 11) is 0. The van der Waals surface area contributed by atoms with Crippen molar-refractivity contribution in [1.29, 1.82) is 0 Å². The Morgan fingerprint density at radius 3 is 2.59 bits per heavy atom. The van der Waals surface area contributed by atoms with E-state index in [1.54, 1.807) is 6.92 Å². The number of hydrogen-bond acceptors (Lipinski definition) is 3. The number of benzene rings is 1. The molecule has 1 aromatic heterocycles. The van der Waals surface area contributed by atoms with Gasteiger partial charge >= 0.3 is 5.97 Å². The Kier molecular flexibility index (Phi) is 4.99. The molecule has 116 valence electrons. The molecule has 2 rings (SSSR count). The summed E-state index contributed by atoms with van der Waals surface area (Å²) in [4.78, 5) is 22.9. The van der Waals surface area contributed by atoms with Crippen LogP contribution in [-0.2, 0) is 24.2 Å². The lowest BCUT2D eigenvalue weighted by atomic mass is 10.1. The molecule has 2 N–H and O–H groups in total. The first-order valence-electron chi connectivity index (χ1n) is 7.16. The topological polar surface area (TPSA) is 79.5 Å². The largest absolute Gasteiger partial charge is 0.478 e. The van der Waals surface area contributed by atoms with Crippen LogP contribution >= 0.6 is 0 Å². The monoisotopic (exact) mass is 301 g/mol. The summed E-state index contributed by atoms with van der Waals surface area (Å²) >= 11 is 0. The van der Waals surface area contributed by atoms with Gasteiger partial charge in [-0.05, 0) is 30.5 Å². The fourth-order valence-corrected chi connectivity index (χ4v) is 2.24. The molecule has 22 heavy (non-hydrogen) atoms. The van der Waals surface area contributed by atoms with E-state index in [9.17, 15) is 9.59 Å². The second-order valence-corrected chi connectivity index (χ2v) is 5.11. The number of hydrogen-bond donors (Lipinski definition) is 2. The van der Waals surface area contributed by atoms with Gasteiger partial charge in [-0.2, -0.15) is 0 Å². The smallest absolute Gasteiger partial charge is 0.339 e. The van der Waals surface area contributed by atoms with Crippen LogP contribution in [-0.4, -0.2) is 17.0 Å². The lowest BCUT2D eigenvalue weighted by Gasteiger charge is -2.05. The van der Waals surface area contributed by atoms with Crippen LogP contribution in [0.2, 0.25) is 0 Å². The molecule has 0 bridgehead atoms. The molecule has 0 aliphatic rings. The van der Waals surface area contributed by atoms with Crippen molar-refractivity contribution in [3.63, 3.8) is 0 Å². The first kappa shape index (κ1) is 15.8. The summed E-state index contributed by atoms with van der Waals surface area (Å²) < 4.78 is 5.32. The van der Waals surface area contributed by atoms with Crippen LogP contribution in [0, 0.1) is 6.92 Å². The van der Waals surface area contributed by atoms with Crippen LogP contribution in [0.15, 0.2) is 34.7 Å². The molecule has 1 aromatic carbocycles. The Bertz CT molecular complexity index is 688. The number of aromatic carboxylic acids is 1. The van der Waals surface area contributed by atoms with E-state index >= 15 is 0 Å². The molecule has 0 fully saturated rings. The SMILES string of the molecule is CCc1cccc(CC(=O)NCc2cc(C(=O)O)c(C)o2)c1. The van der Waals surface area contributed by atoms with Gasteiger partial charge in [-0.3, -0.25) is 4.79 Å². The van der Waals surface area contributed by atoms with Crippen molar-refractivity contribution in [1.82, 2.24) is 5.32 Å². The highest BCUT2D eigenvalue weighted by Crippen LogP contribution is 2.14. The third-order valence-corrected chi connectivity index (χ3v) is 3.42. The first-order chi connectivity index (χ1) is 10.5. The van der Waals surface area contributed by atoms with Crippen molar-refractivity contribution < 1.29 is 19.1 Å². The number of carboxylic acids is 1. The van der Waals surface area contributed by atoms with Crippen molar-refractivity contribution >= 4 is 11.9 Å². The molecule has 0 spiro atoms. The van der Waals surface area contributed by atoms with Crippen LogP contribution in [0.4, 0.5) is 0 Å². The molecule has 0 atom stereocenters. The molecule has 0 saturated heterocycles. The van der Waals surface area contributed by atoms with Gasteiger partial charge in [-0.1, -0.05) is 31.2 Å². The number of aryl methyl sites for hydroxylation is 2. The molecule has 0 radical (unpaired) electrons. The summed E-state index contributed by atoms with van der Waals surface area (Å²) in [5, 5.41) is 11.7. The van der Waals surface area contributed by atoms with E-state index in [0.717, 1.165) is 12.0 Å². The first-order valence-corrected chi connectivity index (χ1v) is 7.16. The molecule has 1 amide bonds. The van der Waals surface area contributed by atoms with Gasteiger partial charge in [0, 0.05) is 0 Å². The van der Waals surface area contributed by atoms with Gasteiger partial charge in [0.1, 0.15) is 17.1 Å². The van der Waals surface area contributed by atoms with Crippen LogP contribution in [0.5, 0.6) is 0 Å². The number of carbonyl (C=O) groups is 2. The van der Waals surface area contributed by atoms with Crippen molar-refractivity contribution in [3.8, 4) is 0 Å². The van der Waals surface area contributed by atoms with E-state index in [4.69, 9.17) is 9.52 Å². The van der Waals surface area contributed by atoms with E-state index in [-0.39, 0.29) is 18.0 Å². The second kappa shape index (κ2) is 6.93. The molecule has 0 aliphatic carbocycles. The predicted octanol–water partition coefficient (Wildman–Crippen LogP) is 2.71. The van der Waals surface area contributed by atoms with Gasteiger partial charge in [-0.25, -0.2) is 4.79 Å². The number of furan rings is 1. The lowest BCUT2D eigenvalue weighted by molar-refractivity contribution is -0.120. The van der Waals surface area contributed by atoms with E-state index in [2.05, 4.69) is 12.2 Å². The maximum Gasteiger partial charge on any atom is 0.339 e. The van der Waals surface area contributed by atoms with Gasteiger partial charge in [0.2, 0.25) is 5.91 Å². The quantitative estimate of drug-likeness (QED) is 0.859. The molecule has 2 aromatic rings. The molecule has 5 nitrogen and oxygen atoms in total.